The van der Waals surface area contributed by atoms with Crippen LogP contribution >= 0.6 is 0 Å². The van der Waals surface area contributed by atoms with E-state index in [0.717, 1.165) is 10.4 Å². The highest BCUT2D eigenvalue weighted by molar-refractivity contribution is 6.99. The molecular weight excluding hydrogens is 498 g/mol. The zero-order valence-corrected chi connectivity index (χ0v) is 23.5. The standard InChI is InChI=1S/C30H37NO6Si/c1-23(32)28(17-11-12-22-36-29(33)24-18-20-25(21-19-24)31(34)35)37-38(30(2,3)4,26-13-7-5-8-14-26)27-15-9-6-10-16-27/h5-10,13-16,18-21,23,28,32H,11-12,17,22H2,1-4H3/t23-,28-/m0/s1. The molecule has 2 atom stereocenters. The SMILES string of the molecule is C[C@H](O)[C@H](CCCCOC(=O)c1ccc([N+](=O)[O-])cc1)O[Si](c1ccccc1)(c1ccccc1)C(C)(C)C. The van der Waals surface area contributed by atoms with Crippen molar-refractivity contribution in [2.45, 2.75) is 64.2 Å². The maximum Gasteiger partial charge on any atom is 0.338 e. The molecule has 3 aromatic rings. The third kappa shape index (κ3) is 6.95. The van der Waals surface area contributed by atoms with Crippen molar-refractivity contribution in [2.75, 3.05) is 6.61 Å². The third-order valence-corrected chi connectivity index (χ3v) is 11.8. The summed E-state index contributed by atoms with van der Waals surface area (Å²) in [6.07, 6.45) is 0.830. The Bertz CT molecular complexity index is 1140. The van der Waals surface area contributed by atoms with E-state index in [4.69, 9.17) is 9.16 Å². The number of rotatable bonds is 12. The third-order valence-electron chi connectivity index (χ3n) is 6.71. The van der Waals surface area contributed by atoms with Gasteiger partial charge in [-0.15, -0.1) is 0 Å². The molecule has 3 rings (SSSR count). The van der Waals surface area contributed by atoms with E-state index >= 15 is 0 Å². The number of aliphatic hydroxyl groups excluding tert-OH is 1. The summed E-state index contributed by atoms with van der Waals surface area (Å²) in [5, 5.41) is 23.7. The molecule has 0 amide bonds. The monoisotopic (exact) mass is 535 g/mol. The van der Waals surface area contributed by atoms with Crippen LogP contribution in [-0.2, 0) is 9.16 Å². The van der Waals surface area contributed by atoms with Gasteiger partial charge in [-0.3, -0.25) is 10.1 Å². The first-order valence-electron chi connectivity index (χ1n) is 12.9. The first-order valence-corrected chi connectivity index (χ1v) is 14.9. The molecule has 38 heavy (non-hydrogen) atoms. The van der Waals surface area contributed by atoms with E-state index in [0.29, 0.717) is 19.3 Å². The predicted octanol–water partition coefficient (Wildman–Crippen LogP) is 5.25. The number of non-ortho nitro benzene ring substituents is 1. The Morgan fingerprint density at radius 1 is 0.921 bits per heavy atom. The van der Waals surface area contributed by atoms with Crippen molar-refractivity contribution in [3.63, 3.8) is 0 Å². The zero-order chi connectivity index (χ0) is 27.8. The van der Waals surface area contributed by atoms with Gasteiger partial charge in [0.15, 0.2) is 0 Å². The van der Waals surface area contributed by atoms with E-state index in [1.165, 1.54) is 24.3 Å². The number of benzene rings is 3. The van der Waals surface area contributed by atoms with Crippen LogP contribution in [-0.4, -0.2) is 43.1 Å². The molecule has 0 fully saturated rings. The average Bonchev–Trinajstić information content (AvgIpc) is 2.90. The van der Waals surface area contributed by atoms with Crippen LogP contribution in [0.4, 0.5) is 5.69 Å². The van der Waals surface area contributed by atoms with Gasteiger partial charge in [0.05, 0.1) is 29.3 Å². The van der Waals surface area contributed by atoms with Crippen molar-refractivity contribution >= 4 is 30.3 Å². The highest BCUT2D eigenvalue weighted by Crippen LogP contribution is 2.38. The summed E-state index contributed by atoms with van der Waals surface area (Å²) in [4.78, 5) is 22.6. The lowest BCUT2D eigenvalue weighted by Gasteiger charge is -2.45. The van der Waals surface area contributed by atoms with Crippen molar-refractivity contribution in [1.29, 1.82) is 0 Å². The van der Waals surface area contributed by atoms with E-state index in [1.807, 2.05) is 36.4 Å². The summed E-state index contributed by atoms with van der Waals surface area (Å²) in [6.45, 7) is 8.58. The summed E-state index contributed by atoms with van der Waals surface area (Å²) < 4.78 is 12.5. The first-order chi connectivity index (χ1) is 18.1. The van der Waals surface area contributed by atoms with Crippen molar-refractivity contribution in [3.8, 4) is 0 Å². The molecule has 0 unspecified atom stereocenters. The number of aliphatic hydroxyl groups is 1. The van der Waals surface area contributed by atoms with Gasteiger partial charge in [0.2, 0.25) is 0 Å². The molecule has 0 spiro atoms. The Morgan fingerprint density at radius 3 is 1.89 bits per heavy atom. The van der Waals surface area contributed by atoms with Crippen molar-refractivity contribution < 1.29 is 24.0 Å². The number of nitro benzene ring substituents is 1. The Labute approximate surface area is 225 Å². The van der Waals surface area contributed by atoms with Gasteiger partial charge in [0.1, 0.15) is 0 Å². The second-order valence-electron chi connectivity index (χ2n) is 10.5. The number of carbonyl (C=O) groups excluding carboxylic acids is 1. The average molecular weight is 536 g/mol. The fraction of sp³-hybridized carbons (Fsp3) is 0.367. The molecular formula is C30H37NO6Si. The highest BCUT2D eigenvalue weighted by atomic mass is 28.4. The lowest BCUT2D eigenvalue weighted by atomic mass is 10.1. The number of nitrogens with zero attached hydrogens (tertiary/aromatic N) is 1. The zero-order valence-electron chi connectivity index (χ0n) is 22.5. The maximum atomic E-state index is 12.3. The predicted molar refractivity (Wildman–Crippen MR) is 151 cm³/mol. The Balaban J connectivity index is 1.70. The fourth-order valence-corrected chi connectivity index (χ4v) is 9.52. The molecule has 0 saturated heterocycles. The molecule has 0 heterocycles. The second-order valence-corrected chi connectivity index (χ2v) is 14.7. The number of unbranched alkanes of at least 4 members (excludes halogenated alkanes) is 1. The van der Waals surface area contributed by atoms with Crippen molar-refractivity contribution in [3.05, 3.63) is 101 Å². The normalized spacial score (nSPS) is 13.5. The van der Waals surface area contributed by atoms with Crippen molar-refractivity contribution in [2.24, 2.45) is 0 Å². The molecule has 202 valence electrons. The lowest BCUT2D eigenvalue weighted by Crippen LogP contribution is -2.68. The summed E-state index contributed by atoms with van der Waals surface area (Å²) in [5.41, 5.74) is 0.194. The van der Waals surface area contributed by atoms with Gasteiger partial charge in [-0.1, -0.05) is 81.4 Å². The van der Waals surface area contributed by atoms with Crippen molar-refractivity contribution in [1.82, 2.24) is 0 Å². The van der Waals surface area contributed by atoms with Crippen LogP contribution in [0.1, 0.15) is 57.3 Å². The lowest BCUT2D eigenvalue weighted by molar-refractivity contribution is -0.384. The van der Waals surface area contributed by atoms with Gasteiger partial charge in [-0.05, 0) is 53.7 Å². The highest BCUT2D eigenvalue weighted by Gasteiger charge is 2.51. The molecule has 0 saturated carbocycles. The van der Waals surface area contributed by atoms with E-state index < -0.39 is 31.4 Å². The molecule has 0 aliphatic carbocycles. The number of carbonyl (C=O) groups is 1. The second kappa shape index (κ2) is 13.0. The summed E-state index contributed by atoms with van der Waals surface area (Å²) >= 11 is 0. The van der Waals surface area contributed by atoms with Gasteiger partial charge < -0.3 is 14.3 Å². The van der Waals surface area contributed by atoms with Gasteiger partial charge in [0.25, 0.3) is 14.0 Å². The van der Waals surface area contributed by atoms with E-state index in [-0.39, 0.29) is 22.9 Å². The Kier molecular flexibility index (Phi) is 9.96. The van der Waals surface area contributed by atoms with Gasteiger partial charge in [0, 0.05) is 12.1 Å². The summed E-state index contributed by atoms with van der Waals surface area (Å²) in [5.74, 6) is -0.518. The topological polar surface area (TPSA) is 98.9 Å². The fourth-order valence-electron chi connectivity index (χ4n) is 4.73. The van der Waals surface area contributed by atoms with Gasteiger partial charge in [-0.25, -0.2) is 4.79 Å². The van der Waals surface area contributed by atoms with Crippen LogP contribution in [0.3, 0.4) is 0 Å². The van der Waals surface area contributed by atoms with E-state index in [9.17, 15) is 20.0 Å². The minimum atomic E-state index is -2.81. The van der Waals surface area contributed by atoms with Crippen LogP contribution in [0, 0.1) is 10.1 Å². The number of nitro groups is 1. The number of ether oxygens (including phenoxy) is 1. The van der Waals surface area contributed by atoms with E-state index in [1.54, 1.807) is 6.92 Å². The maximum absolute atomic E-state index is 12.3. The molecule has 8 heteroatoms. The molecule has 0 bridgehead atoms. The smallest absolute Gasteiger partial charge is 0.338 e. The minimum Gasteiger partial charge on any atom is -0.462 e. The van der Waals surface area contributed by atoms with Crippen LogP contribution in [0.2, 0.25) is 5.04 Å². The summed E-state index contributed by atoms with van der Waals surface area (Å²) in [6, 6.07) is 26.0. The molecule has 0 radical (unpaired) electrons. The Morgan fingerprint density at radius 2 is 1.45 bits per heavy atom. The number of hydrogen-bond donors (Lipinski definition) is 1. The molecule has 0 aromatic heterocycles. The summed E-state index contributed by atoms with van der Waals surface area (Å²) in [7, 11) is -2.81. The van der Waals surface area contributed by atoms with Gasteiger partial charge >= 0.3 is 5.97 Å². The number of esters is 1. The quantitative estimate of drug-likeness (QED) is 0.112. The molecule has 1 N–H and O–H groups in total. The Hall–Kier alpha value is -3.33. The van der Waals surface area contributed by atoms with Crippen LogP contribution < -0.4 is 10.4 Å². The molecule has 3 aromatic carbocycles. The molecule has 7 nitrogen and oxygen atoms in total. The largest absolute Gasteiger partial charge is 0.462 e. The first kappa shape index (κ1) is 29.2. The van der Waals surface area contributed by atoms with Crippen LogP contribution in [0.25, 0.3) is 0 Å². The minimum absolute atomic E-state index is 0.0772. The number of hydrogen-bond acceptors (Lipinski definition) is 6. The van der Waals surface area contributed by atoms with Gasteiger partial charge in [-0.2, -0.15) is 0 Å². The van der Waals surface area contributed by atoms with Crippen LogP contribution in [0.5, 0.6) is 0 Å². The molecule has 0 aliphatic rings. The molecule has 0 aliphatic heterocycles. The van der Waals surface area contributed by atoms with Crippen LogP contribution in [0.15, 0.2) is 84.9 Å². The van der Waals surface area contributed by atoms with E-state index in [2.05, 4.69) is 45.0 Å².